The highest BCUT2D eigenvalue weighted by molar-refractivity contribution is 5.22. The number of methoxy groups -OCH3 is 1. The predicted molar refractivity (Wildman–Crippen MR) is 71.6 cm³/mol. The zero-order chi connectivity index (χ0) is 12.6. The van der Waals surface area contributed by atoms with E-state index in [1.807, 2.05) is 6.07 Å². The zero-order valence-corrected chi connectivity index (χ0v) is 11.0. The number of aromatic nitrogens is 2. The standard InChI is InChI=1S/C13H22N4O/c1-18-9-3-7-17-8-4-12(11-17)10-16-13-14-5-2-6-15-13/h2,5-6,12H,3-4,7-11H2,1H3,(H,14,15,16). The molecular weight excluding hydrogens is 228 g/mol. The maximum Gasteiger partial charge on any atom is 0.222 e. The molecule has 0 saturated carbocycles. The maximum atomic E-state index is 5.08. The number of anilines is 1. The van der Waals surface area contributed by atoms with Crippen LogP contribution in [0.5, 0.6) is 0 Å². The lowest BCUT2D eigenvalue weighted by Gasteiger charge is -2.15. The number of nitrogens with zero attached hydrogens (tertiary/aromatic N) is 3. The third-order valence-corrected chi connectivity index (χ3v) is 3.31. The molecule has 1 aliphatic rings. The largest absolute Gasteiger partial charge is 0.385 e. The van der Waals surface area contributed by atoms with Gasteiger partial charge in [0.25, 0.3) is 0 Å². The fraction of sp³-hybridized carbons (Fsp3) is 0.692. The van der Waals surface area contributed by atoms with Crippen LogP contribution in [0.25, 0.3) is 0 Å². The molecule has 0 amide bonds. The summed E-state index contributed by atoms with van der Waals surface area (Å²) in [6.45, 7) is 5.34. The lowest BCUT2D eigenvalue weighted by atomic mass is 10.1. The Morgan fingerprint density at radius 3 is 3.06 bits per heavy atom. The van der Waals surface area contributed by atoms with Gasteiger partial charge in [-0.1, -0.05) is 0 Å². The summed E-state index contributed by atoms with van der Waals surface area (Å²) < 4.78 is 5.08. The lowest BCUT2D eigenvalue weighted by molar-refractivity contribution is 0.178. The third kappa shape index (κ3) is 4.23. The van der Waals surface area contributed by atoms with E-state index < -0.39 is 0 Å². The van der Waals surface area contributed by atoms with Gasteiger partial charge in [-0.3, -0.25) is 0 Å². The molecule has 1 aromatic rings. The highest BCUT2D eigenvalue weighted by Crippen LogP contribution is 2.16. The molecule has 1 N–H and O–H groups in total. The van der Waals surface area contributed by atoms with Crippen LogP contribution in [-0.4, -0.2) is 54.8 Å². The van der Waals surface area contributed by atoms with Crippen LogP contribution in [0, 0.1) is 5.92 Å². The van der Waals surface area contributed by atoms with Crippen LogP contribution in [0.15, 0.2) is 18.5 Å². The van der Waals surface area contributed by atoms with Crippen molar-refractivity contribution in [3.05, 3.63) is 18.5 Å². The minimum atomic E-state index is 0.705. The first kappa shape index (κ1) is 13.2. The molecule has 1 atom stereocenters. The molecule has 0 aliphatic carbocycles. The van der Waals surface area contributed by atoms with E-state index in [4.69, 9.17) is 4.74 Å². The van der Waals surface area contributed by atoms with Gasteiger partial charge >= 0.3 is 0 Å². The summed E-state index contributed by atoms with van der Waals surface area (Å²) >= 11 is 0. The topological polar surface area (TPSA) is 50.3 Å². The Balaban J connectivity index is 1.64. The molecule has 1 aromatic heterocycles. The van der Waals surface area contributed by atoms with Crippen LogP contribution in [0.2, 0.25) is 0 Å². The second-order valence-electron chi connectivity index (χ2n) is 4.75. The van der Waals surface area contributed by atoms with Crippen LogP contribution >= 0.6 is 0 Å². The quantitative estimate of drug-likeness (QED) is 0.738. The fourth-order valence-electron chi connectivity index (χ4n) is 2.34. The Morgan fingerprint density at radius 2 is 2.28 bits per heavy atom. The smallest absolute Gasteiger partial charge is 0.222 e. The summed E-state index contributed by atoms with van der Waals surface area (Å²) in [6.07, 6.45) is 5.91. The van der Waals surface area contributed by atoms with Crippen molar-refractivity contribution in [1.29, 1.82) is 0 Å². The van der Waals surface area contributed by atoms with Gasteiger partial charge in [-0.25, -0.2) is 9.97 Å². The molecule has 0 bridgehead atoms. The Hall–Kier alpha value is -1.20. The normalized spacial score (nSPS) is 20.2. The van der Waals surface area contributed by atoms with Gasteiger partial charge in [-0.15, -0.1) is 0 Å². The van der Waals surface area contributed by atoms with E-state index in [1.165, 1.54) is 19.5 Å². The van der Waals surface area contributed by atoms with Gasteiger partial charge < -0.3 is 15.0 Å². The molecule has 1 aliphatic heterocycles. The van der Waals surface area contributed by atoms with Crippen molar-refractivity contribution in [2.75, 3.05) is 45.2 Å². The van der Waals surface area contributed by atoms with Crippen molar-refractivity contribution in [2.45, 2.75) is 12.8 Å². The van der Waals surface area contributed by atoms with Crippen molar-refractivity contribution in [2.24, 2.45) is 5.92 Å². The number of nitrogens with one attached hydrogen (secondary N) is 1. The minimum Gasteiger partial charge on any atom is -0.385 e. The Kier molecular flexibility index (Phi) is 5.36. The van der Waals surface area contributed by atoms with Gasteiger partial charge in [0.15, 0.2) is 0 Å². The Morgan fingerprint density at radius 1 is 1.44 bits per heavy atom. The molecule has 2 rings (SSSR count). The number of rotatable bonds is 7. The van der Waals surface area contributed by atoms with Crippen LogP contribution < -0.4 is 5.32 Å². The van der Waals surface area contributed by atoms with E-state index in [0.717, 1.165) is 32.1 Å². The summed E-state index contributed by atoms with van der Waals surface area (Å²) in [7, 11) is 1.76. The molecule has 1 fully saturated rings. The van der Waals surface area contributed by atoms with Crippen molar-refractivity contribution >= 4 is 5.95 Å². The van der Waals surface area contributed by atoms with Crippen LogP contribution in [0.1, 0.15) is 12.8 Å². The first-order valence-electron chi connectivity index (χ1n) is 6.60. The highest BCUT2D eigenvalue weighted by atomic mass is 16.5. The lowest BCUT2D eigenvalue weighted by Crippen LogP contribution is -2.25. The summed E-state index contributed by atoms with van der Waals surface area (Å²) in [5.74, 6) is 1.44. The van der Waals surface area contributed by atoms with Crippen LogP contribution in [0.4, 0.5) is 5.95 Å². The second kappa shape index (κ2) is 7.28. The molecule has 1 unspecified atom stereocenters. The monoisotopic (exact) mass is 250 g/mol. The van der Waals surface area contributed by atoms with E-state index in [2.05, 4.69) is 20.2 Å². The van der Waals surface area contributed by atoms with E-state index in [1.54, 1.807) is 19.5 Å². The number of hydrogen-bond acceptors (Lipinski definition) is 5. The van der Waals surface area contributed by atoms with E-state index in [0.29, 0.717) is 5.92 Å². The molecule has 0 aromatic carbocycles. The molecule has 0 radical (unpaired) electrons. The van der Waals surface area contributed by atoms with Gasteiger partial charge in [0.05, 0.1) is 0 Å². The average Bonchev–Trinajstić information content (AvgIpc) is 2.86. The van der Waals surface area contributed by atoms with E-state index >= 15 is 0 Å². The maximum absolute atomic E-state index is 5.08. The average molecular weight is 250 g/mol. The minimum absolute atomic E-state index is 0.705. The molecule has 5 nitrogen and oxygen atoms in total. The van der Waals surface area contributed by atoms with Crippen molar-refractivity contribution in [1.82, 2.24) is 14.9 Å². The fourth-order valence-corrected chi connectivity index (χ4v) is 2.34. The molecule has 18 heavy (non-hydrogen) atoms. The summed E-state index contributed by atoms with van der Waals surface area (Å²) in [5.41, 5.74) is 0. The number of ether oxygens (including phenoxy) is 1. The van der Waals surface area contributed by atoms with Gasteiger partial charge in [-0.2, -0.15) is 0 Å². The SMILES string of the molecule is COCCCN1CCC(CNc2ncccn2)C1. The van der Waals surface area contributed by atoms with Gasteiger partial charge in [0.1, 0.15) is 0 Å². The molecule has 1 saturated heterocycles. The van der Waals surface area contributed by atoms with Gasteiger partial charge in [-0.05, 0) is 31.4 Å². The Labute approximate surface area is 109 Å². The molecule has 5 heteroatoms. The molecule has 0 spiro atoms. The summed E-state index contributed by atoms with van der Waals surface area (Å²) in [5, 5.41) is 3.30. The number of likely N-dealkylation sites (tertiary alicyclic amines) is 1. The summed E-state index contributed by atoms with van der Waals surface area (Å²) in [6, 6.07) is 1.83. The first-order chi connectivity index (χ1) is 8.88. The third-order valence-electron chi connectivity index (χ3n) is 3.31. The van der Waals surface area contributed by atoms with Crippen LogP contribution in [0.3, 0.4) is 0 Å². The van der Waals surface area contributed by atoms with E-state index in [9.17, 15) is 0 Å². The second-order valence-corrected chi connectivity index (χ2v) is 4.75. The van der Waals surface area contributed by atoms with Crippen molar-refractivity contribution in [3.63, 3.8) is 0 Å². The van der Waals surface area contributed by atoms with Crippen molar-refractivity contribution in [3.8, 4) is 0 Å². The zero-order valence-electron chi connectivity index (χ0n) is 11.0. The van der Waals surface area contributed by atoms with E-state index in [-0.39, 0.29) is 0 Å². The molecule has 100 valence electrons. The molecular formula is C13H22N4O. The Bertz CT molecular complexity index is 333. The first-order valence-corrected chi connectivity index (χ1v) is 6.60. The van der Waals surface area contributed by atoms with Gasteiger partial charge in [0.2, 0.25) is 5.95 Å². The molecule has 2 heterocycles. The summed E-state index contributed by atoms with van der Waals surface area (Å²) in [4.78, 5) is 10.8. The number of hydrogen-bond donors (Lipinski definition) is 1. The van der Waals surface area contributed by atoms with Gasteiger partial charge in [0, 0.05) is 45.7 Å². The highest BCUT2D eigenvalue weighted by Gasteiger charge is 2.21. The van der Waals surface area contributed by atoms with Crippen LogP contribution in [-0.2, 0) is 4.74 Å². The van der Waals surface area contributed by atoms with Crippen molar-refractivity contribution < 1.29 is 4.74 Å². The predicted octanol–water partition coefficient (Wildman–Crippen LogP) is 1.25.